The number of aliphatic carboxylic acids is 1. The highest BCUT2D eigenvalue weighted by molar-refractivity contribution is 7.99. The molecule has 0 aromatic carbocycles. The normalized spacial score (nSPS) is 16.4. The zero-order chi connectivity index (χ0) is 15.2. The van der Waals surface area contributed by atoms with Crippen LogP contribution in [-0.4, -0.2) is 57.9 Å². The second-order valence-electron chi connectivity index (χ2n) is 5.04. The van der Waals surface area contributed by atoms with Gasteiger partial charge in [0.15, 0.2) is 5.16 Å². The molecule has 1 N–H and O–H groups in total. The molecule has 0 unspecified atom stereocenters. The third kappa shape index (κ3) is 4.10. The first kappa shape index (κ1) is 16.1. The van der Waals surface area contributed by atoms with E-state index < -0.39 is 5.97 Å². The van der Waals surface area contributed by atoms with Gasteiger partial charge in [-0.25, -0.2) is 0 Å². The lowest BCUT2D eigenvalue weighted by Gasteiger charge is -2.31. The Labute approximate surface area is 128 Å². The van der Waals surface area contributed by atoms with Gasteiger partial charge in [-0.2, -0.15) is 0 Å². The second-order valence-corrected chi connectivity index (χ2v) is 5.98. The van der Waals surface area contributed by atoms with Gasteiger partial charge in [-0.05, 0) is 19.3 Å². The van der Waals surface area contributed by atoms with E-state index in [1.165, 1.54) is 11.8 Å². The Morgan fingerprint density at radius 1 is 1.43 bits per heavy atom. The zero-order valence-corrected chi connectivity index (χ0v) is 13.3. The third-order valence-corrected chi connectivity index (χ3v) is 4.48. The van der Waals surface area contributed by atoms with Crippen LogP contribution in [0.1, 0.15) is 26.2 Å². The number of ether oxygens (including phenoxy) is 1. The lowest BCUT2D eigenvalue weighted by atomic mass is 10.1. The molecule has 0 saturated carbocycles. The fraction of sp³-hybridized carbons (Fsp3) is 0.769. The number of hydrogen-bond acceptors (Lipinski definition) is 6. The molecule has 0 radical (unpaired) electrons. The van der Waals surface area contributed by atoms with E-state index in [-0.39, 0.29) is 5.75 Å². The molecule has 2 heterocycles. The van der Waals surface area contributed by atoms with E-state index in [9.17, 15) is 4.79 Å². The summed E-state index contributed by atoms with van der Waals surface area (Å²) in [6.07, 6.45) is 3.24. The quantitative estimate of drug-likeness (QED) is 0.763. The Morgan fingerprint density at radius 2 is 2.14 bits per heavy atom. The average Bonchev–Trinajstić information content (AvgIpc) is 2.88. The lowest BCUT2D eigenvalue weighted by Crippen LogP contribution is -2.38. The highest BCUT2D eigenvalue weighted by Gasteiger charge is 2.24. The Bertz CT molecular complexity index is 472. The number of hydrogen-bond donors (Lipinski definition) is 1. The predicted molar refractivity (Wildman–Crippen MR) is 80.9 cm³/mol. The SMILES string of the molecule is CCCn1c(SCC(=O)O)nnc1N1CCC(OC)CC1. The van der Waals surface area contributed by atoms with Crippen molar-refractivity contribution in [2.24, 2.45) is 0 Å². The average molecular weight is 314 g/mol. The molecule has 1 saturated heterocycles. The first-order valence-corrected chi connectivity index (χ1v) is 8.19. The van der Waals surface area contributed by atoms with E-state index in [0.717, 1.165) is 44.8 Å². The van der Waals surface area contributed by atoms with Gasteiger partial charge in [0.25, 0.3) is 0 Å². The van der Waals surface area contributed by atoms with E-state index >= 15 is 0 Å². The summed E-state index contributed by atoms with van der Waals surface area (Å²) in [7, 11) is 1.75. The van der Waals surface area contributed by atoms with Crippen LogP contribution in [0.25, 0.3) is 0 Å². The molecule has 0 amide bonds. The van der Waals surface area contributed by atoms with Crippen LogP contribution < -0.4 is 4.90 Å². The molecule has 8 heteroatoms. The molecule has 0 aliphatic carbocycles. The van der Waals surface area contributed by atoms with Gasteiger partial charge in [0, 0.05) is 26.7 Å². The van der Waals surface area contributed by atoms with Crippen molar-refractivity contribution in [1.29, 1.82) is 0 Å². The zero-order valence-electron chi connectivity index (χ0n) is 12.5. The topological polar surface area (TPSA) is 80.5 Å². The van der Waals surface area contributed by atoms with Crippen molar-refractivity contribution < 1.29 is 14.6 Å². The van der Waals surface area contributed by atoms with Gasteiger partial charge in [0.1, 0.15) is 0 Å². The molecular weight excluding hydrogens is 292 g/mol. The minimum absolute atomic E-state index is 0.00754. The molecule has 0 atom stereocenters. The minimum atomic E-state index is -0.839. The fourth-order valence-electron chi connectivity index (χ4n) is 2.46. The number of anilines is 1. The van der Waals surface area contributed by atoms with Gasteiger partial charge in [-0.3, -0.25) is 9.36 Å². The molecule has 0 bridgehead atoms. The van der Waals surface area contributed by atoms with Crippen molar-refractivity contribution in [3.8, 4) is 0 Å². The Hall–Kier alpha value is -1.28. The molecule has 21 heavy (non-hydrogen) atoms. The molecule has 1 aromatic rings. The minimum Gasteiger partial charge on any atom is -0.481 e. The van der Waals surface area contributed by atoms with Crippen molar-refractivity contribution in [3.63, 3.8) is 0 Å². The molecule has 118 valence electrons. The number of rotatable bonds is 7. The Balaban J connectivity index is 2.09. The van der Waals surface area contributed by atoms with Crippen molar-refractivity contribution in [2.45, 2.75) is 44.0 Å². The number of carboxylic acids is 1. The fourth-order valence-corrected chi connectivity index (χ4v) is 3.14. The third-order valence-electron chi connectivity index (χ3n) is 3.53. The number of nitrogens with zero attached hydrogens (tertiary/aromatic N) is 4. The van der Waals surface area contributed by atoms with Crippen LogP contribution in [0.15, 0.2) is 5.16 Å². The summed E-state index contributed by atoms with van der Waals surface area (Å²) in [6.45, 7) is 4.68. The summed E-state index contributed by atoms with van der Waals surface area (Å²) in [5.74, 6) is 0.0148. The molecule has 1 aliphatic heterocycles. The number of carbonyl (C=O) groups is 1. The van der Waals surface area contributed by atoms with Crippen LogP contribution in [0.5, 0.6) is 0 Å². The van der Waals surface area contributed by atoms with Crippen molar-refractivity contribution >= 4 is 23.7 Å². The predicted octanol–water partition coefficient (Wildman–Crippen LogP) is 1.48. The van der Waals surface area contributed by atoms with Crippen molar-refractivity contribution in [1.82, 2.24) is 14.8 Å². The van der Waals surface area contributed by atoms with Crippen LogP contribution >= 0.6 is 11.8 Å². The second kappa shape index (κ2) is 7.65. The van der Waals surface area contributed by atoms with Crippen LogP contribution in [-0.2, 0) is 16.1 Å². The van der Waals surface area contributed by atoms with Gasteiger partial charge in [-0.1, -0.05) is 18.7 Å². The van der Waals surface area contributed by atoms with Gasteiger partial charge >= 0.3 is 5.97 Å². The standard InChI is InChI=1S/C13H22N4O3S/c1-3-6-17-12(14-15-13(17)21-9-11(18)19)16-7-4-10(20-2)5-8-16/h10H,3-9H2,1-2H3,(H,18,19). The van der Waals surface area contributed by atoms with Crippen LogP contribution in [0.2, 0.25) is 0 Å². The largest absolute Gasteiger partial charge is 0.481 e. The summed E-state index contributed by atoms with van der Waals surface area (Å²) >= 11 is 1.22. The summed E-state index contributed by atoms with van der Waals surface area (Å²) in [4.78, 5) is 12.9. The smallest absolute Gasteiger partial charge is 0.313 e. The number of piperidine rings is 1. The lowest BCUT2D eigenvalue weighted by molar-refractivity contribution is -0.133. The molecular formula is C13H22N4O3S. The van der Waals surface area contributed by atoms with Gasteiger partial charge < -0.3 is 14.7 Å². The number of aromatic nitrogens is 3. The van der Waals surface area contributed by atoms with Crippen molar-refractivity contribution in [2.75, 3.05) is 30.9 Å². The molecule has 1 aromatic heterocycles. The van der Waals surface area contributed by atoms with E-state index in [1.807, 2.05) is 4.57 Å². The van der Waals surface area contributed by atoms with Crippen molar-refractivity contribution in [3.05, 3.63) is 0 Å². The first-order chi connectivity index (χ1) is 10.2. The molecule has 1 aliphatic rings. The summed E-state index contributed by atoms with van der Waals surface area (Å²) in [6, 6.07) is 0. The first-order valence-electron chi connectivity index (χ1n) is 7.21. The maximum Gasteiger partial charge on any atom is 0.313 e. The van der Waals surface area contributed by atoms with Gasteiger partial charge in [0.2, 0.25) is 5.95 Å². The van der Waals surface area contributed by atoms with E-state index in [0.29, 0.717) is 11.3 Å². The number of methoxy groups -OCH3 is 1. The molecule has 7 nitrogen and oxygen atoms in total. The highest BCUT2D eigenvalue weighted by Crippen LogP contribution is 2.25. The van der Waals surface area contributed by atoms with Gasteiger partial charge in [0.05, 0.1) is 11.9 Å². The van der Waals surface area contributed by atoms with E-state index in [1.54, 1.807) is 7.11 Å². The number of carboxylic acid groups (broad SMARTS) is 1. The van der Waals surface area contributed by atoms with E-state index in [2.05, 4.69) is 22.0 Å². The van der Waals surface area contributed by atoms with Crippen LogP contribution in [0, 0.1) is 0 Å². The van der Waals surface area contributed by atoms with Crippen LogP contribution in [0.3, 0.4) is 0 Å². The summed E-state index contributed by atoms with van der Waals surface area (Å²) in [5, 5.41) is 17.9. The van der Waals surface area contributed by atoms with Crippen LogP contribution in [0.4, 0.5) is 5.95 Å². The monoisotopic (exact) mass is 314 g/mol. The summed E-state index contributed by atoms with van der Waals surface area (Å²) < 4.78 is 7.41. The van der Waals surface area contributed by atoms with Gasteiger partial charge in [-0.15, -0.1) is 10.2 Å². The Morgan fingerprint density at radius 3 is 2.71 bits per heavy atom. The van der Waals surface area contributed by atoms with E-state index in [4.69, 9.17) is 9.84 Å². The number of thioether (sulfide) groups is 1. The molecule has 0 spiro atoms. The molecule has 1 fully saturated rings. The maximum atomic E-state index is 10.7. The molecule has 2 rings (SSSR count). The highest BCUT2D eigenvalue weighted by atomic mass is 32.2. The maximum absolute atomic E-state index is 10.7. The summed E-state index contributed by atoms with van der Waals surface area (Å²) in [5.41, 5.74) is 0. The Kier molecular flexibility index (Phi) is 5.86.